The molecule has 0 saturated heterocycles. The maximum atomic E-state index is 13.1. The standard InChI is InChI=1S/C12H13FN2O2/c1-7(16)14-6-12(17)10-5-15-11-3-2-8(13)4-9(10)11/h2-5,12,15,17H,6H2,1H3,(H,14,16). The van der Waals surface area contributed by atoms with E-state index in [0.717, 1.165) is 5.52 Å². The summed E-state index contributed by atoms with van der Waals surface area (Å²) < 4.78 is 13.1. The number of nitrogens with one attached hydrogen (secondary N) is 2. The third-order valence-corrected chi connectivity index (χ3v) is 2.58. The van der Waals surface area contributed by atoms with Gasteiger partial charge in [-0.3, -0.25) is 4.79 Å². The average molecular weight is 236 g/mol. The van der Waals surface area contributed by atoms with Crippen LogP contribution >= 0.6 is 0 Å². The lowest BCUT2D eigenvalue weighted by Gasteiger charge is -2.09. The van der Waals surface area contributed by atoms with Crippen LogP contribution in [0.4, 0.5) is 4.39 Å². The van der Waals surface area contributed by atoms with Crippen molar-refractivity contribution in [2.24, 2.45) is 0 Å². The number of amides is 1. The minimum Gasteiger partial charge on any atom is -0.386 e. The summed E-state index contributed by atoms with van der Waals surface area (Å²) in [6, 6.07) is 4.32. The van der Waals surface area contributed by atoms with Gasteiger partial charge in [-0.1, -0.05) is 0 Å². The van der Waals surface area contributed by atoms with Gasteiger partial charge in [-0.15, -0.1) is 0 Å². The molecule has 0 fully saturated rings. The molecule has 1 unspecified atom stereocenters. The van der Waals surface area contributed by atoms with Gasteiger partial charge in [-0.2, -0.15) is 0 Å². The number of halogens is 1. The molecular formula is C12H13FN2O2. The average Bonchev–Trinajstić information content (AvgIpc) is 2.68. The Morgan fingerprint density at radius 2 is 2.35 bits per heavy atom. The first kappa shape index (κ1) is 11.6. The Morgan fingerprint density at radius 3 is 3.06 bits per heavy atom. The topological polar surface area (TPSA) is 65.1 Å². The normalized spacial score (nSPS) is 12.6. The third-order valence-electron chi connectivity index (χ3n) is 2.58. The number of benzene rings is 1. The summed E-state index contributed by atoms with van der Waals surface area (Å²) in [7, 11) is 0. The number of aliphatic hydroxyl groups is 1. The van der Waals surface area contributed by atoms with E-state index in [1.807, 2.05) is 0 Å². The third kappa shape index (κ3) is 2.45. The van der Waals surface area contributed by atoms with Crippen molar-refractivity contribution >= 4 is 16.8 Å². The second-order valence-corrected chi connectivity index (χ2v) is 3.89. The summed E-state index contributed by atoms with van der Waals surface area (Å²) in [5.41, 5.74) is 1.33. The van der Waals surface area contributed by atoms with E-state index in [1.165, 1.54) is 19.1 Å². The van der Waals surface area contributed by atoms with Crippen molar-refractivity contribution in [2.75, 3.05) is 6.54 Å². The largest absolute Gasteiger partial charge is 0.386 e. The highest BCUT2D eigenvalue weighted by Gasteiger charge is 2.13. The monoisotopic (exact) mass is 236 g/mol. The Bertz CT molecular complexity index is 550. The second-order valence-electron chi connectivity index (χ2n) is 3.89. The summed E-state index contributed by atoms with van der Waals surface area (Å²) in [5, 5.41) is 13.0. The van der Waals surface area contributed by atoms with E-state index < -0.39 is 6.10 Å². The zero-order valence-electron chi connectivity index (χ0n) is 9.33. The first-order chi connectivity index (χ1) is 8.08. The van der Waals surface area contributed by atoms with E-state index in [4.69, 9.17) is 0 Å². The van der Waals surface area contributed by atoms with Crippen LogP contribution in [0, 0.1) is 5.82 Å². The highest BCUT2D eigenvalue weighted by Crippen LogP contribution is 2.24. The van der Waals surface area contributed by atoms with E-state index in [1.54, 1.807) is 12.3 Å². The van der Waals surface area contributed by atoms with Gasteiger partial charge in [-0.05, 0) is 18.2 Å². The molecule has 1 aromatic heterocycles. The first-order valence-corrected chi connectivity index (χ1v) is 5.27. The molecule has 90 valence electrons. The summed E-state index contributed by atoms with van der Waals surface area (Å²) in [6.45, 7) is 1.49. The van der Waals surface area contributed by atoms with Gasteiger partial charge < -0.3 is 15.4 Å². The highest BCUT2D eigenvalue weighted by atomic mass is 19.1. The number of H-pyrrole nitrogens is 1. The molecule has 2 aromatic rings. The molecule has 2 rings (SSSR count). The molecule has 0 aliphatic rings. The molecule has 4 nitrogen and oxygen atoms in total. The molecular weight excluding hydrogens is 223 g/mol. The van der Waals surface area contributed by atoms with Crippen molar-refractivity contribution in [3.63, 3.8) is 0 Å². The van der Waals surface area contributed by atoms with Gasteiger partial charge in [0.05, 0.1) is 6.10 Å². The van der Waals surface area contributed by atoms with Crippen LogP contribution in [0.2, 0.25) is 0 Å². The predicted octanol–water partition coefficient (Wildman–Crippen LogP) is 1.48. The lowest BCUT2D eigenvalue weighted by molar-refractivity contribution is -0.119. The quantitative estimate of drug-likeness (QED) is 0.755. The molecule has 1 atom stereocenters. The molecule has 0 radical (unpaired) electrons. The van der Waals surface area contributed by atoms with Crippen molar-refractivity contribution in [1.82, 2.24) is 10.3 Å². The number of aromatic amines is 1. The molecule has 0 aliphatic heterocycles. The molecule has 5 heteroatoms. The smallest absolute Gasteiger partial charge is 0.216 e. The van der Waals surface area contributed by atoms with E-state index in [0.29, 0.717) is 10.9 Å². The van der Waals surface area contributed by atoms with Crippen LogP contribution in [0.1, 0.15) is 18.6 Å². The Hall–Kier alpha value is -1.88. The van der Waals surface area contributed by atoms with Crippen molar-refractivity contribution in [3.05, 3.63) is 35.8 Å². The number of carbonyl (C=O) groups is 1. The van der Waals surface area contributed by atoms with Crippen LogP contribution in [-0.2, 0) is 4.79 Å². The summed E-state index contributed by atoms with van der Waals surface area (Å²) in [4.78, 5) is 13.7. The number of fused-ring (bicyclic) bond motifs is 1. The van der Waals surface area contributed by atoms with E-state index in [9.17, 15) is 14.3 Å². The second kappa shape index (κ2) is 4.55. The number of rotatable bonds is 3. The minimum atomic E-state index is -0.852. The van der Waals surface area contributed by atoms with Gasteiger partial charge in [0, 0.05) is 36.1 Å². The van der Waals surface area contributed by atoms with Crippen LogP contribution in [0.5, 0.6) is 0 Å². The molecule has 0 saturated carbocycles. The Morgan fingerprint density at radius 1 is 1.59 bits per heavy atom. The lowest BCUT2D eigenvalue weighted by Crippen LogP contribution is -2.25. The van der Waals surface area contributed by atoms with E-state index in [2.05, 4.69) is 10.3 Å². The van der Waals surface area contributed by atoms with Gasteiger partial charge in [0.1, 0.15) is 5.82 Å². The number of aromatic nitrogens is 1. The Kier molecular flexibility index (Phi) is 3.10. The van der Waals surface area contributed by atoms with Crippen LogP contribution < -0.4 is 5.32 Å². The van der Waals surface area contributed by atoms with Crippen LogP contribution in [0.15, 0.2) is 24.4 Å². The summed E-state index contributed by atoms with van der Waals surface area (Å²) in [6.07, 6.45) is 0.769. The SMILES string of the molecule is CC(=O)NCC(O)c1c[nH]c2ccc(F)cc12. The molecule has 0 aliphatic carbocycles. The van der Waals surface area contributed by atoms with Gasteiger partial charge in [0.15, 0.2) is 0 Å². The van der Waals surface area contributed by atoms with Crippen LogP contribution in [0.25, 0.3) is 10.9 Å². The van der Waals surface area contributed by atoms with Crippen molar-refractivity contribution in [3.8, 4) is 0 Å². The molecule has 3 N–H and O–H groups in total. The van der Waals surface area contributed by atoms with Crippen molar-refractivity contribution in [1.29, 1.82) is 0 Å². The molecule has 0 spiro atoms. The Labute approximate surface area is 97.5 Å². The molecule has 17 heavy (non-hydrogen) atoms. The number of hydrogen-bond donors (Lipinski definition) is 3. The summed E-state index contributed by atoms with van der Waals surface area (Å²) >= 11 is 0. The molecule has 0 bridgehead atoms. The number of carbonyl (C=O) groups excluding carboxylic acids is 1. The van der Waals surface area contributed by atoms with E-state index in [-0.39, 0.29) is 18.3 Å². The maximum Gasteiger partial charge on any atom is 0.216 e. The highest BCUT2D eigenvalue weighted by molar-refractivity contribution is 5.83. The van der Waals surface area contributed by atoms with Gasteiger partial charge in [0.25, 0.3) is 0 Å². The fourth-order valence-electron chi connectivity index (χ4n) is 1.74. The Balaban J connectivity index is 2.28. The molecule has 1 amide bonds. The van der Waals surface area contributed by atoms with Gasteiger partial charge in [-0.25, -0.2) is 4.39 Å². The zero-order chi connectivity index (χ0) is 12.4. The van der Waals surface area contributed by atoms with Crippen molar-refractivity contribution in [2.45, 2.75) is 13.0 Å². The fourth-order valence-corrected chi connectivity index (χ4v) is 1.74. The minimum absolute atomic E-state index is 0.110. The molecule has 1 heterocycles. The van der Waals surface area contributed by atoms with Crippen molar-refractivity contribution < 1.29 is 14.3 Å². The zero-order valence-corrected chi connectivity index (χ0v) is 9.33. The maximum absolute atomic E-state index is 13.1. The predicted molar refractivity (Wildman–Crippen MR) is 61.9 cm³/mol. The van der Waals surface area contributed by atoms with Gasteiger partial charge in [0.2, 0.25) is 5.91 Å². The lowest BCUT2D eigenvalue weighted by atomic mass is 10.1. The fraction of sp³-hybridized carbons (Fsp3) is 0.250. The van der Waals surface area contributed by atoms with E-state index >= 15 is 0 Å². The van der Waals surface area contributed by atoms with Crippen LogP contribution in [0.3, 0.4) is 0 Å². The van der Waals surface area contributed by atoms with Gasteiger partial charge >= 0.3 is 0 Å². The molecule has 1 aromatic carbocycles. The number of aliphatic hydroxyl groups excluding tert-OH is 1. The first-order valence-electron chi connectivity index (χ1n) is 5.27. The summed E-state index contributed by atoms with van der Waals surface area (Å²) in [5.74, 6) is -0.569. The number of hydrogen-bond acceptors (Lipinski definition) is 2. The van der Waals surface area contributed by atoms with Crippen LogP contribution in [-0.4, -0.2) is 22.5 Å².